The first-order chi connectivity index (χ1) is 12.7. The Morgan fingerprint density at radius 1 is 1.19 bits per heavy atom. The lowest BCUT2D eigenvalue weighted by Gasteiger charge is -2.04. The molecule has 0 aliphatic carbocycles. The van der Waals surface area contributed by atoms with Crippen LogP contribution < -0.4 is 5.32 Å². The Morgan fingerprint density at radius 2 is 2.04 bits per heavy atom. The number of H-pyrrole nitrogens is 1. The molecule has 1 aromatic carbocycles. The molecule has 1 amide bonds. The van der Waals surface area contributed by atoms with Crippen LogP contribution in [0.15, 0.2) is 60.9 Å². The molecular weight excluding hydrogens is 326 g/mol. The SMILES string of the molecule is Cn1nc(Cc2ccccc2)cc1NC(=O)Cc1c[nH]c2cccnc12. The summed E-state index contributed by atoms with van der Waals surface area (Å²) < 4.78 is 1.70. The number of fused-ring (bicyclic) bond motifs is 1. The molecule has 3 heterocycles. The van der Waals surface area contributed by atoms with Gasteiger partial charge in [-0.05, 0) is 17.7 Å². The Morgan fingerprint density at radius 3 is 2.88 bits per heavy atom. The molecular formula is C20H19N5O. The van der Waals surface area contributed by atoms with Gasteiger partial charge in [0.2, 0.25) is 5.91 Å². The van der Waals surface area contributed by atoms with Gasteiger partial charge in [0.15, 0.2) is 0 Å². The van der Waals surface area contributed by atoms with Crippen molar-refractivity contribution in [2.24, 2.45) is 7.05 Å². The van der Waals surface area contributed by atoms with E-state index in [-0.39, 0.29) is 12.3 Å². The number of anilines is 1. The topological polar surface area (TPSA) is 75.6 Å². The van der Waals surface area contributed by atoms with Gasteiger partial charge in [-0.1, -0.05) is 30.3 Å². The number of hydrogen-bond acceptors (Lipinski definition) is 3. The Hall–Kier alpha value is -3.41. The zero-order chi connectivity index (χ0) is 17.9. The monoisotopic (exact) mass is 345 g/mol. The number of amides is 1. The van der Waals surface area contributed by atoms with E-state index in [9.17, 15) is 4.79 Å². The van der Waals surface area contributed by atoms with Crippen LogP contribution in [-0.2, 0) is 24.7 Å². The molecule has 0 unspecified atom stereocenters. The Labute approximate surface area is 150 Å². The maximum Gasteiger partial charge on any atom is 0.230 e. The summed E-state index contributed by atoms with van der Waals surface area (Å²) in [7, 11) is 1.83. The van der Waals surface area contributed by atoms with E-state index in [0.29, 0.717) is 5.82 Å². The number of aromatic nitrogens is 4. The number of nitrogens with one attached hydrogen (secondary N) is 2. The second kappa shape index (κ2) is 6.84. The van der Waals surface area contributed by atoms with Crippen LogP contribution in [0.2, 0.25) is 0 Å². The molecule has 3 aromatic heterocycles. The van der Waals surface area contributed by atoms with Crippen molar-refractivity contribution in [2.75, 3.05) is 5.32 Å². The van der Waals surface area contributed by atoms with Gasteiger partial charge in [0.05, 0.1) is 23.1 Å². The number of rotatable bonds is 5. The predicted octanol–water partition coefficient (Wildman–Crippen LogP) is 3.07. The molecule has 6 heteroatoms. The molecule has 0 spiro atoms. The molecule has 0 saturated heterocycles. The lowest BCUT2D eigenvalue weighted by atomic mass is 10.1. The zero-order valence-electron chi connectivity index (χ0n) is 14.4. The standard InChI is InChI=1S/C20H19N5O/c1-25-18(12-16(24-25)10-14-6-3-2-4-7-14)23-19(26)11-15-13-22-17-8-5-9-21-20(15)17/h2-9,12-13,22H,10-11H2,1H3,(H,23,26). The van der Waals surface area contributed by atoms with Crippen molar-refractivity contribution >= 4 is 22.8 Å². The molecule has 130 valence electrons. The van der Waals surface area contributed by atoms with Gasteiger partial charge in [0.25, 0.3) is 0 Å². The van der Waals surface area contributed by atoms with Crippen molar-refractivity contribution in [3.05, 3.63) is 77.7 Å². The van der Waals surface area contributed by atoms with Crippen molar-refractivity contribution in [1.82, 2.24) is 19.7 Å². The highest BCUT2D eigenvalue weighted by atomic mass is 16.1. The van der Waals surface area contributed by atoms with Gasteiger partial charge in [-0.3, -0.25) is 14.5 Å². The van der Waals surface area contributed by atoms with Crippen LogP contribution in [0.1, 0.15) is 16.8 Å². The minimum Gasteiger partial charge on any atom is -0.360 e. The molecule has 4 aromatic rings. The molecule has 0 aliphatic heterocycles. The Kier molecular flexibility index (Phi) is 4.23. The summed E-state index contributed by atoms with van der Waals surface area (Å²) in [6.45, 7) is 0. The van der Waals surface area contributed by atoms with E-state index in [1.54, 1.807) is 10.9 Å². The summed E-state index contributed by atoms with van der Waals surface area (Å²) in [5, 5.41) is 7.43. The van der Waals surface area contributed by atoms with Crippen molar-refractivity contribution in [3.63, 3.8) is 0 Å². The lowest BCUT2D eigenvalue weighted by Crippen LogP contribution is -2.16. The van der Waals surface area contributed by atoms with Crippen LogP contribution >= 0.6 is 0 Å². The second-order valence-electron chi connectivity index (χ2n) is 6.25. The van der Waals surface area contributed by atoms with Crippen molar-refractivity contribution < 1.29 is 4.79 Å². The largest absolute Gasteiger partial charge is 0.360 e. The number of nitrogens with zero attached hydrogens (tertiary/aromatic N) is 3. The van der Waals surface area contributed by atoms with Gasteiger partial charge < -0.3 is 10.3 Å². The number of benzene rings is 1. The molecule has 4 rings (SSSR count). The number of carbonyl (C=O) groups excluding carboxylic acids is 1. The van der Waals surface area contributed by atoms with E-state index in [4.69, 9.17) is 0 Å². The number of pyridine rings is 1. The van der Waals surface area contributed by atoms with Gasteiger partial charge in [-0.2, -0.15) is 5.10 Å². The normalized spacial score (nSPS) is 11.0. The minimum atomic E-state index is -0.0918. The third kappa shape index (κ3) is 3.35. The van der Waals surface area contributed by atoms with Gasteiger partial charge in [-0.25, -0.2) is 0 Å². The van der Waals surface area contributed by atoms with Gasteiger partial charge in [0.1, 0.15) is 5.82 Å². The number of aromatic amines is 1. The smallest absolute Gasteiger partial charge is 0.230 e. The van der Waals surface area contributed by atoms with E-state index in [2.05, 4.69) is 32.5 Å². The molecule has 0 fully saturated rings. The zero-order valence-corrected chi connectivity index (χ0v) is 14.4. The summed E-state index contributed by atoms with van der Waals surface area (Å²) in [6.07, 6.45) is 4.56. The highest BCUT2D eigenvalue weighted by Gasteiger charge is 2.13. The fourth-order valence-electron chi connectivity index (χ4n) is 3.04. The minimum absolute atomic E-state index is 0.0918. The molecule has 0 atom stereocenters. The fraction of sp³-hybridized carbons (Fsp3) is 0.150. The average Bonchev–Trinajstić information content (AvgIpc) is 3.20. The molecule has 0 saturated carbocycles. The van der Waals surface area contributed by atoms with Crippen molar-refractivity contribution in [1.29, 1.82) is 0 Å². The third-order valence-corrected chi connectivity index (χ3v) is 4.29. The van der Waals surface area contributed by atoms with Crippen LogP contribution in [0, 0.1) is 0 Å². The summed E-state index contributed by atoms with van der Waals surface area (Å²) in [5.74, 6) is 0.597. The molecule has 26 heavy (non-hydrogen) atoms. The molecule has 0 radical (unpaired) electrons. The summed E-state index contributed by atoms with van der Waals surface area (Å²) in [5.41, 5.74) is 4.75. The second-order valence-corrected chi connectivity index (χ2v) is 6.25. The third-order valence-electron chi connectivity index (χ3n) is 4.29. The van der Waals surface area contributed by atoms with Crippen LogP contribution in [-0.4, -0.2) is 25.7 Å². The molecule has 2 N–H and O–H groups in total. The van der Waals surface area contributed by atoms with Crippen LogP contribution in [0.3, 0.4) is 0 Å². The van der Waals surface area contributed by atoms with Crippen molar-refractivity contribution in [3.8, 4) is 0 Å². The maximum atomic E-state index is 12.4. The highest BCUT2D eigenvalue weighted by Crippen LogP contribution is 2.17. The highest BCUT2D eigenvalue weighted by molar-refractivity contribution is 5.94. The Balaban J connectivity index is 1.46. The van der Waals surface area contributed by atoms with Crippen LogP contribution in [0.5, 0.6) is 0 Å². The summed E-state index contributed by atoms with van der Waals surface area (Å²) >= 11 is 0. The van der Waals surface area contributed by atoms with Crippen LogP contribution in [0.25, 0.3) is 11.0 Å². The van der Waals surface area contributed by atoms with E-state index in [1.165, 1.54) is 5.56 Å². The number of hydrogen-bond donors (Lipinski definition) is 2. The maximum absolute atomic E-state index is 12.4. The quantitative estimate of drug-likeness (QED) is 0.584. The summed E-state index contributed by atoms with van der Waals surface area (Å²) in [4.78, 5) is 19.9. The van der Waals surface area contributed by atoms with Gasteiger partial charge in [0, 0.05) is 37.5 Å². The molecule has 0 bridgehead atoms. The van der Waals surface area contributed by atoms with Gasteiger partial charge >= 0.3 is 0 Å². The van der Waals surface area contributed by atoms with E-state index in [0.717, 1.165) is 28.7 Å². The van der Waals surface area contributed by atoms with Gasteiger partial charge in [-0.15, -0.1) is 0 Å². The van der Waals surface area contributed by atoms with E-state index >= 15 is 0 Å². The lowest BCUT2D eigenvalue weighted by molar-refractivity contribution is -0.115. The van der Waals surface area contributed by atoms with E-state index < -0.39 is 0 Å². The predicted molar refractivity (Wildman–Crippen MR) is 101 cm³/mol. The number of aryl methyl sites for hydroxylation is 1. The molecule has 6 nitrogen and oxygen atoms in total. The van der Waals surface area contributed by atoms with Crippen LogP contribution in [0.4, 0.5) is 5.82 Å². The summed E-state index contributed by atoms with van der Waals surface area (Å²) in [6, 6.07) is 15.9. The van der Waals surface area contributed by atoms with E-state index in [1.807, 2.05) is 49.6 Å². The molecule has 0 aliphatic rings. The first kappa shape index (κ1) is 16.1. The first-order valence-corrected chi connectivity index (χ1v) is 8.47. The number of carbonyl (C=O) groups is 1. The first-order valence-electron chi connectivity index (χ1n) is 8.47. The van der Waals surface area contributed by atoms with Crippen molar-refractivity contribution in [2.45, 2.75) is 12.8 Å². The fourth-order valence-corrected chi connectivity index (χ4v) is 3.04. The average molecular weight is 345 g/mol. The Bertz CT molecular complexity index is 1050.